The fraction of sp³-hybridized carbons (Fsp3) is 0.941. The second kappa shape index (κ2) is 6.93. The van der Waals surface area contributed by atoms with Gasteiger partial charge in [0.15, 0.2) is 0 Å². The van der Waals surface area contributed by atoms with Crippen LogP contribution in [0.2, 0.25) is 0 Å². The highest BCUT2D eigenvalue weighted by Crippen LogP contribution is 2.32. The molecule has 1 amide bonds. The second-order valence-corrected chi connectivity index (χ2v) is 7.20. The molecule has 1 aliphatic carbocycles. The van der Waals surface area contributed by atoms with Crippen molar-refractivity contribution in [1.29, 1.82) is 0 Å². The Labute approximate surface area is 124 Å². The van der Waals surface area contributed by atoms with Gasteiger partial charge in [-0.25, -0.2) is 0 Å². The zero-order chi connectivity index (χ0) is 14.7. The standard InChI is InChI=1S/C17H32N2O/c1-5-16-18-14(11-12(2)3)17(20)19(16)15-10-8-6-7-9-13(15)4/h12-16,18H,5-11H2,1-4H3. The van der Waals surface area contributed by atoms with Gasteiger partial charge >= 0.3 is 0 Å². The van der Waals surface area contributed by atoms with Crippen molar-refractivity contribution in [2.75, 3.05) is 0 Å². The Hall–Kier alpha value is -0.570. The maximum Gasteiger partial charge on any atom is 0.241 e. The van der Waals surface area contributed by atoms with Gasteiger partial charge in [-0.1, -0.05) is 47.0 Å². The van der Waals surface area contributed by atoms with E-state index in [0.717, 1.165) is 12.8 Å². The van der Waals surface area contributed by atoms with E-state index in [2.05, 4.69) is 37.9 Å². The van der Waals surface area contributed by atoms with Crippen molar-refractivity contribution >= 4 is 5.91 Å². The van der Waals surface area contributed by atoms with Gasteiger partial charge in [0.25, 0.3) is 0 Å². The molecule has 0 bridgehead atoms. The third-order valence-electron chi connectivity index (χ3n) is 5.05. The Kier molecular flexibility index (Phi) is 5.48. The third kappa shape index (κ3) is 3.36. The summed E-state index contributed by atoms with van der Waals surface area (Å²) in [4.78, 5) is 15.1. The summed E-state index contributed by atoms with van der Waals surface area (Å²) in [6, 6.07) is 0.509. The van der Waals surface area contributed by atoms with Crippen molar-refractivity contribution in [3.05, 3.63) is 0 Å². The Morgan fingerprint density at radius 1 is 1.25 bits per heavy atom. The zero-order valence-electron chi connectivity index (χ0n) is 13.7. The van der Waals surface area contributed by atoms with Crippen molar-refractivity contribution in [1.82, 2.24) is 10.2 Å². The number of rotatable bonds is 4. The Balaban J connectivity index is 2.12. The monoisotopic (exact) mass is 280 g/mol. The highest BCUT2D eigenvalue weighted by Gasteiger charge is 2.43. The Bertz CT molecular complexity index is 329. The van der Waals surface area contributed by atoms with Gasteiger partial charge in [0.05, 0.1) is 12.2 Å². The molecule has 1 saturated heterocycles. The SMILES string of the molecule is CCC1NC(CC(C)C)C(=O)N1C1CCCCCC1C. The normalized spacial score (nSPS) is 35.6. The molecule has 20 heavy (non-hydrogen) atoms. The van der Waals surface area contributed by atoms with Crippen LogP contribution in [0, 0.1) is 11.8 Å². The minimum absolute atomic E-state index is 0.0513. The molecular formula is C17H32N2O. The molecular weight excluding hydrogens is 248 g/mol. The van der Waals surface area contributed by atoms with E-state index < -0.39 is 0 Å². The lowest BCUT2D eigenvalue weighted by Crippen LogP contribution is -2.47. The van der Waals surface area contributed by atoms with Gasteiger partial charge in [-0.2, -0.15) is 0 Å². The number of carbonyl (C=O) groups excluding carboxylic acids is 1. The lowest BCUT2D eigenvalue weighted by atomic mass is 9.94. The van der Waals surface area contributed by atoms with E-state index in [1.807, 2.05) is 0 Å². The summed E-state index contributed by atoms with van der Waals surface area (Å²) in [5, 5.41) is 3.59. The summed E-state index contributed by atoms with van der Waals surface area (Å²) >= 11 is 0. The maximum atomic E-state index is 12.8. The van der Waals surface area contributed by atoms with Gasteiger partial charge in [-0.15, -0.1) is 0 Å². The van der Waals surface area contributed by atoms with Crippen LogP contribution in [0.1, 0.15) is 72.6 Å². The molecule has 1 heterocycles. The van der Waals surface area contributed by atoms with Gasteiger partial charge in [-0.05, 0) is 37.5 Å². The number of hydrogen-bond acceptors (Lipinski definition) is 2. The first-order valence-corrected chi connectivity index (χ1v) is 8.62. The van der Waals surface area contributed by atoms with Crippen LogP contribution in [0.25, 0.3) is 0 Å². The molecule has 116 valence electrons. The van der Waals surface area contributed by atoms with E-state index in [4.69, 9.17) is 0 Å². The number of amides is 1. The summed E-state index contributed by atoms with van der Waals surface area (Å²) in [7, 11) is 0. The van der Waals surface area contributed by atoms with Crippen LogP contribution in [0.3, 0.4) is 0 Å². The molecule has 0 aromatic heterocycles. The first kappa shape index (κ1) is 15.8. The van der Waals surface area contributed by atoms with Gasteiger partial charge in [-0.3, -0.25) is 10.1 Å². The van der Waals surface area contributed by atoms with E-state index in [1.165, 1.54) is 32.1 Å². The topological polar surface area (TPSA) is 32.3 Å². The van der Waals surface area contributed by atoms with Crippen molar-refractivity contribution in [2.45, 2.75) is 90.9 Å². The first-order valence-electron chi connectivity index (χ1n) is 8.62. The average molecular weight is 280 g/mol. The summed E-state index contributed by atoms with van der Waals surface area (Å²) in [5.74, 6) is 1.58. The minimum atomic E-state index is 0.0513. The highest BCUT2D eigenvalue weighted by atomic mass is 16.2. The molecule has 0 radical (unpaired) electrons. The van der Waals surface area contributed by atoms with Crippen LogP contribution in [0.15, 0.2) is 0 Å². The van der Waals surface area contributed by atoms with Crippen molar-refractivity contribution in [3.8, 4) is 0 Å². The molecule has 3 heteroatoms. The predicted molar refractivity (Wildman–Crippen MR) is 83.3 cm³/mol. The van der Waals surface area contributed by atoms with Crippen LogP contribution >= 0.6 is 0 Å². The van der Waals surface area contributed by atoms with Crippen LogP contribution in [0.4, 0.5) is 0 Å². The molecule has 4 unspecified atom stereocenters. The second-order valence-electron chi connectivity index (χ2n) is 7.20. The lowest BCUT2D eigenvalue weighted by molar-refractivity contribution is -0.133. The number of hydrogen-bond donors (Lipinski definition) is 1. The fourth-order valence-electron chi connectivity index (χ4n) is 3.95. The van der Waals surface area contributed by atoms with Crippen molar-refractivity contribution in [2.24, 2.45) is 11.8 Å². The molecule has 2 aliphatic rings. The maximum absolute atomic E-state index is 12.8. The van der Waals surface area contributed by atoms with Gasteiger partial charge in [0, 0.05) is 6.04 Å². The zero-order valence-corrected chi connectivity index (χ0v) is 13.7. The van der Waals surface area contributed by atoms with Gasteiger partial charge < -0.3 is 4.90 Å². The van der Waals surface area contributed by atoms with Crippen molar-refractivity contribution in [3.63, 3.8) is 0 Å². The highest BCUT2D eigenvalue weighted by molar-refractivity contribution is 5.84. The predicted octanol–water partition coefficient (Wildman–Crippen LogP) is 3.54. The number of nitrogens with one attached hydrogen (secondary N) is 1. The molecule has 4 atom stereocenters. The molecule has 3 nitrogen and oxygen atoms in total. The van der Waals surface area contributed by atoms with E-state index in [1.54, 1.807) is 0 Å². The average Bonchev–Trinajstić information content (AvgIpc) is 2.57. The van der Waals surface area contributed by atoms with Crippen molar-refractivity contribution < 1.29 is 4.79 Å². The molecule has 1 N–H and O–H groups in total. The fourth-order valence-corrected chi connectivity index (χ4v) is 3.95. The van der Waals surface area contributed by atoms with Crippen LogP contribution in [0.5, 0.6) is 0 Å². The van der Waals surface area contributed by atoms with E-state index in [-0.39, 0.29) is 12.2 Å². The summed E-state index contributed by atoms with van der Waals surface area (Å²) in [5.41, 5.74) is 0. The smallest absolute Gasteiger partial charge is 0.241 e. The van der Waals surface area contributed by atoms with E-state index >= 15 is 0 Å². The largest absolute Gasteiger partial charge is 0.323 e. The lowest BCUT2D eigenvalue weighted by Gasteiger charge is -2.35. The van der Waals surface area contributed by atoms with Crippen LogP contribution in [-0.2, 0) is 4.79 Å². The van der Waals surface area contributed by atoms with Gasteiger partial charge in [0.1, 0.15) is 0 Å². The molecule has 1 saturated carbocycles. The van der Waals surface area contributed by atoms with Gasteiger partial charge in [0.2, 0.25) is 5.91 Å². The van der Waals surface area contributed by atoms with E-state index in [9.17, 15) is 4.79 Å². The summed E-state index contributed by atoms with van der Waals surface area (Å²) in [6.07, 6.45) is 8.67. The third-order valence-corrected chi connectivity index (χ3v) is 5.05. The summed E-state index contributed by atoms with van der Waals surface area (Å²) in [6.45, 7) is 8.93. The molecule has 2 rings (SSSR count). The number of carbonyl (C=O) groups is 1. The Morgan fingerprint density at radius 3 is 2.60 bits per heavy atom. The first-order chi connectivity index (χ1) is 9.54. The Morgan fingerprint density at radius 2 is 1.95 bits per heavy atom. The minimum Gasteiger partial charge on any atom is -0.323 e. The van der Waals surface area contributed by atoms with Crippen LogP contribution in [-0.4, -0.2) is 29.1 Å². The van der Waals surface area contributed by atoms with E-state index in [0.29, 0.717) is 23.8 Å². The molecule has 0 aromatic rings. The molecule has 0 aromatic carbocycles. The van der Waals surface area contributed by atoms with Crippen LogP contribution < -0.4 is 5.32 Å². The molecule has 2 fully saturated rings. The number of nitrogens with zero attached hydrogens (tertiary/aromatic N) is 1. The summed E-state index contributed by atoms with van der Waals surface area (Å²) < 4.78 is 0. The quantitative estimate of drug-likeness (QED) is 0.799. The molecule has 0 spiro atoms. The molecule has 1 aliphatic heterocycles.